The van der Waals surface area contributed by atoms with Crippen LogP contribution in [-0.2, 0) is 4.79 Å². The van der Waals surface area contributed by atoms with E-state index in [1.807, 2.05) is 43.5 Å². The van der Waals surface area contributed by atoms with Gasteiger partial charge in [0.15, 0.2) is 0 Å². The first kappa shape index (κ1) is 23.9. The minimum Gasteiger partial charge on any atom is -0.496 e. The molecule has 0 saturated heterocycles. The molecule has 0 unspecified atom stereocenters. The lowest BCUT2D eigenvalue weighted by Gasteiger charge is -2.17. The van der Waals surface area contributed by atoms with Gasteiger partial charge in [0, 0.05) is 40.3 Å². The Labute approximate surface area is 194 Å². The maximum Gasteiger partial charge on any atom is 0.247 e. The average molecular weight is 445 g/mol. The zero-order chi connectivity index (χ0) is 24.0. The smallest absolute Gasteiger partial charge is 0.247 e. The normalized spacial score (nSPS) is 11.2. The Hall–Kier alpha value is -3.73. The molecular weight excluding hydrogens is 415 g/mol. The van der Waals surface area contributed by atoms with Crippen molar-refractivity contribution in [2.24, 2.45) is 0 Å². The fraction of sp³-hybridized carbons (Fsp3) is 0.214. The minimum absolute atomic E-state index is 0.265. The van der Waals surface area contributed by atoms with Crippen LogP contribution in [0.2, 0.25) is 0 Å². The van der Waals surface area contributed by atoms with E-state index in [-0.39, 0.29) is 11.7 Å². The van der Waals surface area contributed by atoms with E-state index in [1.54, 1.807) is 14.0 Å². The molecule has 3 aromatic rings. The van der Waals surface area contributed by atoms with E-state index in [0.29, 0.717) is 17.0 Å². The van der Waals surface area contributed by atoms with Gasteiger partial charge in [-0.2, -0.15) is 0 Å². The van der Waals surface area contributed by atoms with Crippen LogP contribution in [-0.4, -0.2) is 18.0 Å². The van der Waals surface area contributed by atoms with Crippen molar-refractivity contribution in [3.05, 3.63) is 95.6 Å². The number of hydrogen-bond acceptors (Lipinski definition) is 3. The SMILES string of the molecule is C=CC(=O)Nc1cccc(-c2cnc(C)c(/C(=C\CCC)c3cc(C)c(F)cc3OC)c2)c1. The molecule has 3 rings (SSSR count). The van der Waals surface area contributed by atoms with Crippen molar-refractivity contribution in [1.82, 2.24) is 4.98 Å². The van der Waals surface area contributed by atoms with Crippen LogP contribution in [0.3, 0.4) is 0 Å². The maximum atomic E-state index is 14.2. The molecule has 1 N–H and O–H groups in total. The molecule has 0 saturated carbocycles. The highest BCUT2D eigenvalue weighted by molar-refractivity contribution is 5.99. The molecule has 0 bridgehead atoms. The quantitative estimate of drug-likeness (QED) is 0.386. The zero-order valence-corrected chi connectivity index (χ0v) is 19.5. The van der Waals surface area contributed by atoms with Gasteiger partial charge in [-0.05, 0) is 67.3 Å². The predicted molar refractivity (Wildman–Crippen MR) is 133 cm³/mol. The second kappa shape index (κ2) is 10.7. The van der Waals surface area contributed by atoms with Gasteiger partial charge < -0.3 is 10.1 Å². The summed E-state index contributed by atoms with van der Waals surface area (Å²) in [5, 5.41) is 2.79. The lowest BCUT2D eigenvalue weighted by Crippen LogP contribution is -2.07. The number of ether oxygens (including phenoxy) is 1. The van der Waals surface area contributed by atoms with E-state index < -0.39 is 0 Å². The number of aryl methyl sites for hydroxylation is 2. The molecule has 2 aromatic carbocycles. The fourth-order valence-corrected chi connectivity index (χ4v) is 3.63. The highest BCUT2D eigenvalue weighted by Crippen LogP contribution is 2.36. The van der Waals surface area contributed by atoms with E-state index >= 15 is 0 Å². The molecule has 170 valence electrons. The number of amides is 1. The van der Waals surface area contributed by atoms with Gasteiger partial charge in [-0.1, -0.05) is 38.1 Å². The van der Waals surface area contributed by atoms with Crippen molar-refractivity contribution in [2.45, 2.75) is 33.6 Å². The zero-order valence-electron chi connectivity index (χ0n) is 19.5. The van der Waals surface area contributed by atoms with Gasteiger partial charge in [0.25, 0.3) is 0 Å². The van der Waals surface area contributed by atoms with Gasteiger partial charge in [0.2, 0.25) is 5.91 Å². The van der Waals surface area contributed by atoms with E-state index in [4.69, 9.17) is 4.74 Å². The number of pyridine rings is 1. The van der Waals surface area contributed by atoms with Gasteiger partial charge >= 0.3 is 0 Å². The van der Waals surface area contributed by atoms with Crippen LogP contribution in [0.1, 0.15) is 42.1 Å². The largest absolute Gasteiger partial charge is 0.496 e. The fourth-order valence-electron chi connectivity index (χ4n) is 3.63. The van der Waals surface area contributed by atoms with Crippen molar-refractivity contribution in [3.8, 4) is 16.9 Å². The van der Waals surface area contributed by atoms with Crippen molar-refractivity contribution in [2.75, 3.05) is 12.4 Å². The number of nitrogens with one attached hydrogen (secondary N) is 1. The van der Waals surface area contributed by atoms with Crippen molar-refractivity contribution in [1.29, 1.82) is 0 Å². The molecule has 0 fully saturated rings. The highest BCUT2D eigenvalue weighted by atomic mass is 19.1. The van der Waals surface area contributed by atoms with Gasteiger partial charge in [-0.15, -0.1) is 0 Å². The molecule has 0 aliphatic rings. The number of carbonyl (C=O) groups is 1. The molecule has 5 heteroatoms. The highest BCUT2D eigenvalue weighted by Gasteiger charge is 2.17. The number of nitrogens with zero attached hydrogens (tertiary/aromatic N) is 1. The summed E-state index contributed by atoms with van der Waals surface area (Å²) in [5.41, 5.74) is 6.66. The second-order valence-electron chi connectivity index (χ2n) is 7.84. The Bertz CT molecular complexity index is 1210. The number of unbranched alkanes of at least 4 members (excludes halogenated alkanes) is 1. The first-order chi connectivity index (χ1) is 15.9. The number of hydrogen-bond donors (Lipinski definition) is 1. The molecule has 0 radical (unpaired) electrons. The summed E-state index contributed by atoms with van der Waals surface area (Å²) in [7, 11) is 1.55. The molecular formula is C28H29FN2O2. The Kier molecular flexibility index (Phi) is 7.78. The predicted octanol–water partition coefficient (Wildman–Crippen LogP) is 6.87. The number of anilines is 1. The average Bonchev–Trinajstić information content (AvgIpc) is 2.82. The summed E-state index contributed by atoms with van der Waals surface area (Å²) in [6, 6.07) is 12.9. The Morgan fingerprint density at radius 1 is 1.15 bits per heavy atom. The molecule has 0 aliphatic carbocycles. The number of carbonyl (C=O) groups excluding carboxylic acids is 1. The van der Waals surface area contributed by atoms with Gasteiger partial charge in [-0.3, -0.25) is 9.78 Å². The minimum atomic E-state index is -0.299. The van der Waals surface area contributed by atoms with Crippen LogP contribution < -0.4 is 10.1 Å². The number of benzene rings is 2. The van der Waals surface area contributed by atoms with E-state index in [0.717, 1.165) is 46.4 Å². The first-order valence-corrected chi connectivity index (χ1v) is 10.9. The lowest BCUT2D eigenvalue weighted by atomic mass is 9.91. The number of rotatable bonds is 8. The third-order valence-corrected chi connectivity index (χ3v) is 5.43. The van der Waals surface area contributed by atoms with Crippen molar-refractivity contribution in [3.63, 3.8) is 0 Å². The summed E-state index contributed by atoms with van der Waals surface area (Å²) in [6.07, 6.45) is 7.05. The molecule has 33 heavy (non-hydrogen) atoms. The van der Waals surface area contributed by atoms with Gasteiger partial charge in [-0.25, -0.2) is 4.39 Å². The van der Waals surface area contributed by atoms with Crippen molar-refractivity contribution >= 4 is 17.2 Å². The Morgan fingerprint density at radius 3 is 2.64 bits per heavy atom. The van der Waals surface area contributed by atoms with Crippen molar-refractivity contribution < 1.29 is 13.9 Å². The van der Waals surface area contributed by atoms with Crippen LogP contribution in [0, 0.1) is 19.7 Å². The second-order valence-corrected chi connectivity index (χ2v) is 7.84. The first-order valence-electron chi connectivity index (χ1n) is 10.9. The van der Waals surface area contributed by atoms with Crippen LogP contribution >= 0.6 is 0 Å². The van der Waals surface area contributed by atoms with Gasteiger partial charge in [0.1, 0.15) is 11.6 Å². The molecule has 0 spiro atoms. The molecule has 0 atom stereocenters. The Morgan fingerprint density at radius 2 is 1.94 bits per heavy atom. The third kappa shape index (κ3) is 5.55. The topological polar surface area (TPSA) is 51.2 Å². The molecule has 1 heterocycles. The Balaban J connectivity index is 2.14. The molecule has 1 amide bonds. The summed E-state index contributed by atoms with van der Waals surface area (Å²) in [6.45, 7) is 9.32. The summed E-state index contributed by atoms with van der Waals surface area (Å²) in [4.78, 5) is 16.4. The van der Waals surface area contributed by atoms with Crippen LogP contribution in [0.4, 0.5) is 10.1 Å². The van der Waals surface area contributed by atoms with E-state index in [1.165, 1.54) is 12.1 Å². The third-order valence-electron chi connectivity index (χ3n) is 5.43. The number of allylic oxidation sites excluding steroid dienone is 1. The van der Waals surface area contributed by atoms with Gasteiger partial charge in [0.05, 0.1) is 7.11 Å². The lowest BCUT2D eigenvalue weighted by molar-refractivity contribution is -0.111. The number of methoxy groups -OCH3 is 1. The van der Waals surface area contributed by atoms with E-state index in [9.17, 15) is 9.18 Å². The maximum absolute atomic E-state index is 14.2. The number of aromatic nitrogens is 1. The molecule has 0 aliphatic heterocycles. The van der Waals surface area contributed by atoms with Crippen LogP contribution in [0.25, 0.3) is 16.7 Å². The standard InChI is InChI=1S/C28H29FN2O2/c1-6-8-12-23(25-13-18(3)26(29)16-27(25)33-5)24-15-21(17-30-19(24)4)20-10-9-11-22(14-20)31-28(32)7-2/h7,9-17H,2,6,8H2,1,3-5H3,(H,31,32)/b23-12+. The van der Waals surface area contributed by atoms with E-state index in [2.05, 4.69) is 35.9 Å². The summed E-state index contributed by atoms with van der Waals surface area (Å²) in [5.74, 6) is -0.0785. The van der Waals surface area contributed by atoms with Crippen LogP contribution in [0.5, 0.6) is 5.75 Å². The molecule has 4 nitrogen and oxygen atoms in total. The molecule has 1 aromatic heterocycles. The summed E-state index contributed by atoms with van der Waals surface area (Å²) >= 11 is 0. The monoisotopic (exact) mass is 444 g/mol. The number of halogens is 1. The van der Waals surface area contributed by atoms with Crippen LogP contribution in [0.15, 0.2) is 67.4 Å². The summed E-state index contributed by atoms with van der Waals surface area (Å²) < 4.78 is 19.8.